The Kier molecular flexibility index (Phi) is 6.52. The van der Waals surface area contributed by atoms with Crippen molar-refractivity contribution >= 4 is 34.0 Å². The number of nitrogens with one attached hydrogen (secondary N) is 2. The summed E-state index contributed by atoms with van der Waals surface area (Å²) < 4.78 is 65.6. The highest BCUT2D eigenvalue weighted by atomic mass is 35.5. The molecule has 10 heteroatoms. The zero-order valence-corrected chi connectivity index (χ0v) is 13.7. The molecule has 1 aromatic carbocycles. The van der Waals surface area contributed by atoms with E-state index >= 15 is 0 Å². The number of halogens is 5. The third-order valence-corrected chi connectivity index (χ3v) is 4.97. The zero-order valence-electron chi connectivity index (χ0n) is 11.3. The summed E-state index contributed by atoms with van der Waals surface area (Å²) in [6.45, 7) is 1.17. The number of hydrogen-bond acceptors (Lipinski definition) is 3. The largest absolute Gasteiger partial charge is 0.417 e. The van der Waals surface area contributed by atoms with Gasteiger partial charge < -0.3 is 5.32 Å². The standard InChI is InChI=1S/C12H14ClF3N2O2S.ClH/c13-8-3-4-11(10(6-8)12(14,15)16)21(19,20)18-9-2-1-5-17-7-9;/h3-4,6,9,17-18H,1-2,5,7H2;1H/t9-;/m0./s1. The Morgan fingerprint density at radius 2 is 2.00 bits per heavy atom. The van der Waals surface area contributed by atoms with Crippen LogP contribution < -0.4 is 10.0 Å². The summed E-state index contributed by atoms with van der Waals surface area (Å²) in [5.41, 5.74) is -1.26. The Morgan fingerprint density at radius 1 is 1.32 bits per heavy atom. The lowest BCUT2D eigenvalue weighted by atomic mass is 10.1. The average Bonchev–Trinajstić information content (AvgIpc) is 2.38. The number of rotatable bonds is 3. The summed E-state index contributed by atoms with van der Waals surface area (Å²) >= 11 is 5.54. The summed E-state index contributed by atoms with van der Waals surface area (Å²) in [5, 5.41) is 2.83. The van der Waals surface area contributed by atoms with Crippen LogP contribution in [0.25, 0.3) is 0 Å². The van der Waals surface area contributed by atoms with Gasteiger partial charge in [-0.25, -0.2) is 13.1 Å². The van der Waals surface area contributed by atoms with Gasteiger partial charge in [-0.1, -0.05) is 11.6 Å². The van der Waals surface area contributed by atoms with Crippen molar-refractivity contribution in [3.8, 4) is 0 Å². The number of piperidine rings is 1. The molecule has 2 N–H and O–H groups in total. The fourth-order valence-corrected chi connectivity index (χ4v) is 3.84. The van der Waals surface area contributed by atoms with Crippen LogP contribution in [0.3, 0.4) is 0 Å². The van der Waals surface area contributed by atoms with Crippen molar-refractivity contribution in [3.05, 3.63) is 28.8 Å². The molecule has 4 nitrogen and oxygen atoms in total. The lowest BCUT2D eigenvalue weighted by Gasteiger charge is -2.24. The summed E-state index contributed by atoms with van der Waals surface area (Å²) in [6, 6.07) is 2.21. The van der Waals surface area contributed by atoms with Gasteiger partial charge in [0, 0.05) is 17.6 Å². The summed E-state index contributed by atoms with van der Waals surface area (Å²) in [4.78, 5) is -0.801. The molecule has 0 aromatic heterocycles. The maximum Gasteiger partial charge on any atom is 0.417 e. The van der Waals surface area contributed by atoms with Crippen LogP contribution in [0.1, 0.15) is 18.4 Å². The first-order valence-electron chi connectivity index (χ1n) is 6.30. The van der Waals surface area contributed by atoms with Crippen molar-refractivity contribution in [2.75, 3.05) is 13.1 Å². The number of benzene rings is 1. The van der Waals surface area contributed by atoms with Crippen LogP contribution in [0.4, 0.5) is 13.2 Å². The fraction of sp³-hybridized carbons (Fsp3) is 0.500. The van der Waals surface area contributed by atoms with Crippen molar-refractivity contribution in [1.29, 1.82) is 0 Å². The molecule has 0 unspecified atom stereocenters. The Balaban J connectivity index is 0.00000242. The van der Waals surface area contributed by atoms with E-state index in [2.05, 4.69) is 10.0 Å². The van der Waals surface area contributed by atoms with Crippen LogP contribution in [0.5, 0.6) is 0 Å². The normalized spacial score (nSPS) is 19.5. The molecule has 0 aliphatic carbocycles. The van der Waals surface area contributed by atoms with Gasteiger partial charge in [-0.05, 0) is 37.6 Å². The Bertz CT molecular complexity index is 617. The Hall–Kier alpha value is -0.540. The minimum absolute atomic E-state index is 0. The number of alkyl halides is 3. The average molecular weight is 379 g/mol. The first kappa shape index (κ1) is 19.5. The molecule has 1 atom stereocenters. The topological polar surface area (TPSA) is 58.2 Å². The van der Waals surface area contributed by atoms with Crippen LogP contribution >= 0.6 is 24.0 Å². The molecule has 1 aliphatic heterocycles. The lowest BCUT2D eigenvalue weighted by Crippen LogP contribution is -2.45. The van der Waals surface area contributed by atoms with Gasteiger partial charge in [0.25, 0.3) is 0 Å². The van der Waals surface area contributed by atoms with Crippen LogP contribution in [0, 0.1) is 0 Å². The van der Waals surface area contributed by atoms with E-state index in [-0.39, 0.29) is 17.4 Å². The van der Waals surface area contributed by atoms with Gasteiger partial charge in [-0.2, -0.15) is 13.2 Å². The van der Waals surface area contributed by atoms with Gasteiger partial charge >= 0.3 is 6.18 Å². The lowest BCUT2D eigenvalue weighted by molar-refractivity contribution is -0.139. The zero-order chi connectivity index (χ0) is 15.7. The van der Waals surface area contributed by atoms with Crippen LogP contribution in [0.15, 0.2) is 23.1 Å². The summed E-state index contributed by atoms with van der Waals surface area (Å²) in [6.07, 6.45) is -3.44. The summed E-state index contributed by atoms with van der Waals surface area (Å²) in [5.74, 6) is 0. The highest BCUT2D eigenvalue weighted by Crippen LogP contribution is 2.35. The van der Waals surface area contributed by atoms with Crippen molar-refractivity contribution in [1.82, 2.24) is 10.0 Å². The maximum absolute atomic E-state index is 13.0. The second-order valence-electron chi connectivity index (χ2n) is 4.80. The van der Waals surface area contributed by atoms with Crippen LogP contribution in [-0.2, 0) is 16.2 Å². The summed E-state index contributed by atoms with van der Waals surface area (Å²) in [7, 11) is -4.26. The predicted octanol–water partition coefficient (Wildman–Crippen LogP) is 2.81. The fourth-order valence-electron chi connectivity index (χ4n) is 2.19. The molecule has 0 radical (unpaired) electrons. The van der Waals surface area contributed by atoms with E-state index in [0.717, 1.165) is 25.1 Å². The van der Waals surface area contributed by atoms with Crippen molar-refractivity contribution < 1.29 is 21.6 Å². The molecule has 0 spiro atoms. The van der Waals surface area contributed by atoms with Crippen LogP contribution in [-0.4, -0.2) is 27.5 Å². The molecular weight excluding hydrogens is 364 g/mol. The van der Waals surface area contributed by atoms with Gasteiger partial charge in [0.2, 0.25) is 10.0 Å². The molecule has 0 saturated carbocycles. The molecular formula is C12H15Cl2F3N2O2S. The first-order chi connectivity index (χ1) is 9.70. The van der Waals surface area contributed by atoms with Gasteiger partial charge in [-0.3, -0.25) is 0 Å². The number of hydrogen-bond donors (Lipinski definition) is 2. The first-order valence-corrected chi connectivity index (χ1v) is 8.16. The molecule has 126 valence electrons. The van der Waals surface area contributed by atoms with Crippen molar-refractivity contribution in [2.24, 2.45) is 0 Å². The van der Waals surface area contributed by atoms with Gasteiger partial charge in [0.1, 0.15) is 0 Å². The SMILES string of the molecule is Cl.O=S(=O)(N[C@H]1CCCNC1)c1ccc(Cl)cc1C(F)(F)F. The molecule has 1 fully saturated rings. The minimum atomic E-state index is -4.79. The molecule has 1 aliphatic rings. The van der Waals surface area contributed by atoms with Crippen LogP contribution in [0.2, 0.25) is 5.02 Å². The van der Waals surface area contributed by atoms with E-state index in [1.165, 1.54) is 0 Å². The van der Waals surface area contributed by atoms with Gasteiger partial charge in [0.05, 0.1) is 10.5 Å². The van der Waals surface area contributed by atoms with E-state index in [4.69, 9.17) is 11.6 Å². The second-order valence-corrected chi connectivity index (χ2v) is 6.92. The molecule has 0 bridgehead atoms. The van der Waals surface area contributed by atoms with E-state index in [1.54, 1.807) is 0 Å². The molecule has 0 amide bonds. The Labute approximate surface area is 137 Å². The molecule has 1 aromatic rings. The monoisotopic (exact) mass is 378 g/mol. The quantitative estimate of drug-likeness (QED) is 0.849. The Morgan fingerprint density at radius 3 is 2.55 bits per heavy atom. The number of sulfonamides is 1. The van der Waals surface area contributed by atoms with E-state index in [1.807, 2.05) is 0 Å². The molecule has 1 heterocycles. The third kappa shape index (κ3) is 4.73. The third-order valence-electron chi connectivity index (χ3n) is 3.16. The van der Waals surface area contributed by atoms with Gasteiger partial charge in [-0.15, -0.1) is 12.4 Å². The molecule has 2 rings (SSSR count). The van der Waals surface area contributed by atoms with E-state index in [9.17, 15) is 21.6 Å². The van der Waals surface area contributed by atoms with Gasteiger partial charge in [0.15, 0.2) is 0 Å². The molecule has 22 heavy (non-hydrogen) atoms. The molecule has 1 saturated heterocycles. The highest BCUT2D eigenvalue weighted by Gasteiger charge is 2.38. The van der Waals surface area contributed by atoms with E-state index < -0.39 is 32.7 Å². The smallest absolute Gasteiger partial charge is 0.315 e. The minimum Gasteiger partial charge on any atom is -0.315 e. The second kappa shape index (κ2) is 7.35. The highest BCUT2D eigenvalue weighted by molar-refractivity contribution is 7.89. The van der Waals surface area contributed by atoms with Crippen molar-refractivity contribution in [3.63, 3.8) is 0 Å². The predicted molar refractivity (Wildman–Crippen MR) is 79.9 cm³/mol. The maximum atomic E-state index is 13.0. The van der Waals surface area contributed by atoms with E-state index in [0.29, 0.717) is 19.0 Å². The van der Waals surface area contributed by atoms with Crippen molar-refractivity contribution in [2.45, 2.75) is 30.0 Å².